The molecular weight excluding hydrogens is 268 g/mol. The van der Waals surface area contributed by atoms with Crippen molar-refractivity contribution in [3.05, 3.63) is 27.2 Å². The molecule has 0 unspecified atom stereocenters. The molecule has 0 aliphatic carbocycles. The fourth-order valence-electron chi connectivity index (χ4n) is 2.16. The van der Waals surface area contributed by atoms with E-state index in [0.717, 1.165) is 26.9 Å². The fraction of sp³-hybridized carbons (Fsp3) is 0.462. The van der Waals surface area contributed by atoms with E-state index in [1.165, 1.54) is 0 Å². The number of aryl methyl sites for hydroxylation is 1. The Morgan fingerprint density at radius 2 is 2.00 bits per heavy atom. The van der Waals surface area contributed by atoms with Crippen molar-refractivity contribution in [3.63, 3.8) is 0 Å². The summed E-state index contributed by atoms with van der Waals surface area (Å²) in [6.07, 6.45) is 0.441. The van der Waals surface area contributed by atoms with Gasteiger partial charge in [0, 0.05) is 4.47 Å². The molecule has 0 spiro atoms. The number of carbonyl (C=O) groups excluding carboxylic acids is 1. The van der Waals surface area contributed by atoms with Crippen LogP contribution in [0.15, 0.2) is 10.5 Å². The lowest BCUT2D eigenvalue weighted by Gasteiger charge is -2.32. The molecule has 0 saturated heterocycles. The molecule has 1 aliphatic rings. The van der Waals surface area contributed by atoms with Crippen molar-refractivity contribution in [3.8, 4) is 5.75 Å². The highest BCUT2D eigenvalue weighted by Gasteiger charge is 2.34. The van der Waals surface area contributed by atoms with Crippen molar-refractivity contribution < 1.29 is 9.53 Å². The van der Waals surface area contributed by atoms with Crippen molar-refractivity contribution in [1.82, 2.24) is 0 Å². The van der Waals surface area contributed by atoms with Crippen LogP contribution in [-0.4, -0.2) is 11.4 Å². The third-order valence-corrected chi connectivity index (χ3v) is 4.12. The standard InChI is InChI=1S/C13H15BrO2/c1-7-5-10-11(8(2)12(7)14)9(15)6-13(3,4)16-10/h5H,6H2,1-4H3. The number of ether oxygens (including phenoxy) is 1. The van der Waals surface area contributed by atoms with Crippen LogP contribution in [0.4, 0.5) is 0 Å². The zero-order chi connectivity index (χ0) is 12.1. The third-order valence-electron chi connectivity index (χ3n) is 2.90. The Morgan fingerprint density at radius 1 is 1.38 bits per heavy atom. The second kappa shape index (κ2) is 3.59. The van der Waals surface area contributed by atoms with E-state index in [4.69, 9.17) is 4.74 Å². The molecule has 3 heteroatoms. The molecule has 0 aromatic heterocycles. The molecule has 0 saturated carbocycles. The van der Waals surface area contributed by atoms with Gasteiger partial charge in [-0.2, -0.15) is 0 Å². The Kier molecular flexibility index (Phi) is 2.61. The second-order valence-electron chi connectivity index (χ2n) is 4.97. The molecular formula is C13H15BrO2. The molecule has 1 aliphatic heterocycles. The number of benzene rings is 1. The average Bonchev–Trinajstić information content (AvgIpc) is 2.11. The van der Waals surface area contributed by atoms with Crippen LogP contribution >= 0.6 is 15.9 Å². The molecule has 0 amide bonds. The van der Waals surface area contributed by atoms with Gasteiger partial charge >= 0.3 is 0 Å². The van der Waals surface area contributed by atoms with Gasteiger partial charge in [-0.1, -0.05) is 15.9 Å². The zero-order valence-electron chi connectivity index (χ0n) is 9.98. The number of carbonyl (C=O) groups is 1. The predicted molar refractivity (Wildman–Crippen MR) is 67.3 cm³/mol. The molecule has 0 fully saturated rings. The van der Waals surface area contributed by atoms with Gasteiger partial charge < -0.3 is 4.74 Å². The topological polar surface area (TPSA) is 26.3 Å². The van der Waals surface area contributed by atoms with Crippen LogP contribution in [0.1, 0.15) is 41.8 Å². The highest BCUT2D eigenvalue weighted by Crippen LogP contribution is 2.39. The molecule has 1 aromatic carbocycles. The van der Waals surface area contributed by atoms with E-state index in [1.54, 1.807) is 0 Å². The van der Waals surface area contributed by atoms with E-state index in [9.17, 15) is 4.79 Å². The summed E-state index contributed by atoms with van der Waals surface area (Å²) in [6.45, 7) is 7.85. The van der Waals surface area contributed by atoms with Gasteiger partial charge in [0.15, 0.2) is 5.78 Å². The van der Waals surface area contributed by atoms with Gasteiger partial charge in [-0.15, -0.1) is 0 Å². The first-order chi connectivity index (χ1) is 7.32. The summed E-state index contributed by atoms with van der Waals surface area (Å²) in [5, 5.41) is 0. The first-order valence-corrected chi connectivity index (χ1v) is 6.13. The lowest BCUT2D eigenvalue weighted by Crippen LogP contribution is -2.36. The van der Waals surface area contributed by atoms with Crippen LogP contribution in [-0.2, 0) is 0 Å². The van der Waals surface area contributed by atoms with E-state index in [2.05, 4.69) is 15.9 Å². The SMILES string of the molecule is Cc1cc2c(c(C)c1Br)C(=O)CC(C)(C)O2. The number of fused-ring (bicyclic) bond motifs is 1. The van der Waals surface area contributed by atoms with Gasteiger partial charge in [-0.25, -0.2) is 0 Å². The summed E-state index contributed by atoms with van der Waals surface area (Å²) in [6, 6.07) is 1.94. The van der Waals surface area contributed by atoms with Crippen molar-refractivity contribution in [2.75, 3.05) is 0 Å². The monoisotopic (exact) mass is 282 g/mol. The fourth-order valence-corrected chi connectivity index (χ4v) is 2.47. The Balaban J connectivity index is 2.66. The Labute approximate surface area is 104 Å². The summed E-state index contributed by atoms with van der Waals surface area (Å²) < 4.78 is 6.87. The van der Waals surface area contributed by atoms with E-state index in [1.807, 2.05) is 33.8 Å². The number of Topliss-reactive ketones (excluding diaryl/α,β-unsaturated/α-hetero) is 1. The highest BCUT2D eigenvalue weighted by molar-refractivity contribution is 9.10. The van der Waals surface area contributed by atoms with Crippen LogP contribution in [0.25, 0.3) is 0 Å². The number of rotatable bonds is 0. The number of ketones is 1. The number of halogens is 1. The molecule has 1 heterocycles. The lowest BCUT2D eigenvalue weighted by molar-refractivity contribution is 0.0618. The molecule has 0 bridgehead atoms. The molecule has 2 rings (SSSR count). The van der Waals surface area contributed by atoms with E-state index in [0.29, 0.717) is 6.42 Å². The summed E-state index contributed by atoms with van der Waals surface area (Å²) in [4.78, 5) is 12.1. The molecule has 86 valence electrons. The van der Waals surface area contributed by atoms with Gasteiger partial charge in [0.25, 0.3) is 0 Å². The van der Waals surface area contributed by atoms with Gasteiger partial charge in [0.2, 0.25) is 0 Å². The van der Waals surface area contributed by atoms with Gasteiger partial charge in [0.05, 0.1) is 12.0 Å². The van der Waals surface area contributed by atoms with Gasteiger partial charge in [-0.05, 0) is 44.9 Å². The van der Waals surface area contributed by atoms with Gasteiger partial charge in [-0.3, -0.25) is 4.79 Å². The maximum atomic E-state index is 12.1. The minimum absolute atomic E-state index is 0.171. The quantitative estimate of drug-likeness (QED) is 0.723. The van der Waals surface area contributed by atoms with Crippen LogP contribution in [0.3, 0.4) is 0 Å². The molecule has 0 N–H and O–H groups in total. The third kappa shape index (κ3) is 1.77. The Hall–Kier alpha value is -0.830. The van der Waals surface area contributed by atoms with E-state index in [-0.39, 0.29) is 5.78 Å². The molecule has 2 nitrogen and oxygen atoms in total. The van der Waals surface area contributed by atoms with Crippen LogP contribution in [0, 0.1) is 13.8 Å². The lowest BCUT2D eigenvalue weighted by atomic mass is 9.90. The molecule has 1 aromatic rings. The maximum Gasteiger partial charge on any atom is 0.170 e. The smallest absolute Gasteiger partial charge is 0.170 e. The largest absolute Gasteiger partial charge is 0.487 e. The summed E-state index contributed by atoms with van der Waals surface area (Å²) in [5.41, 5.74) is 2.42. The number of hydrogen-bond acceptors (Lipinski definition) is 2. The van der Waals surface area contributed by atoms with Crippen LogP contribution in [0.5, 0.6) is 5.75 Å². The molecule has 0 radical (unpaired) electrons. The van der Waals surface area contributed by atoms with Gasteiger partial charge in [0.1, 0.15) is 11.4 Å². The second-order valence-corrected chi connectivity index (χ2v) is 5.76. The Morgan fingerprint density at radius 3 is 2.62 bits per heavy atom. The minimum atomic E-state index is -0.392. The van der Waals surface area contributed by atoms with Crippen molar-refractivity contribution >= 4 is 21.7 Å². The summed E-state index contributed by atoms with van der Waals surface area (Å²) >= 11 is 3.51. The number of hydrogen-bond donors (Lipinski definition) is 0. The summed E-state index contributed by atoms with van der Waals surface area (Å²) in [5.74, 6) is 0.893. The minimum Gasteiger partial charge on any atom is -0.487 e. The zero-order valence-corrected chi connectivity index (χ0v) is 11.6. The van der Waals surface area contributed by atoms with Crippen molar-refractivity contribution in [2.45, 2.75) is 39.7 Å². The predicted octanol–water partition coefficient (Wildman–Crippen LogP) is 3.81. The van der Waals surface area contributed by atoms with Crippen LogP contribution < -0.4 is 4.74 Å². The van der Waals surface area contributed by atoms with Crippen LogP contribution in [0.2, 0.25) is 0 Å². The first-order valence-electron chi connectivity index (χ1n) is 5.34. The van der Waals surface area contributed by atoms with Crippen molar-refractivity contribution in [2.24, 2.45) is 0 Å². The van der Waals surface area contributed by atoms with E-state index < -0.39 is 5.60 Å². The summed E-state index contributed by atoms with van der Waals surface area (Å²) in [7, 11) is 0. The van der Waals surface area contributed by atoms with Crippen molar-refractivity contribution in [1.29, 1.82) is 0 Å². The normalized spacial score (nSPS) is 17.9. The maximum absolute atomic E-state index is 12.1. The van der Waals surface area contributed by atoms with E-state index >= 15 is 0 Å². The Bertz CT molecular complexity index is 475. The molecule has 16 heavy (non-hydrogen) atoms. The highest BCUT2D eigenvalue weighted by atomic mass is 79.9. The average molecular weight is 283 g/mol. The molecule has 0 atom stereocenters. The first kappa shape index (κ1) is 11.6.